The summed E-state index contributed by atoms with van der Waals surface area (Å²) >= 11 is 5.75. The number of aliphatic hydroxyl groups is 1. The van der Waals surface area contributed by atoms with Crippen LogP contribution in [0.25, 0.3) is 0 Å². The summed E-state index contributed by atoms with van der Waals surface area (Å²) < 4.78 is 0. The topological polar surface area (TPSA) is 49.3 Å². The highest BCUT2D eigenvalue weighted by Crippen LogP contribution is 2.19. The van der Waals surface area contributed by atoms with E-state index in [4.69, 9.17) is 11.6 Å². The lowest BCUT2D eigenvalue weighted by Gasteiger charge is -2.28. The highest BCUT2D eigenvalue weighted by atomic mass is 35.5. The van der Waals surface area contributed by atoms with Gasteiger partial charge < -0.3 is 10.4 Å². The number of amides is 1. The Morgan fingerprint density at radius 2 is 2.17 bits per heavy atom. The van der Waals surface area contributed by atoms with Gasteiger partial charge in [-0.05, 0) is 30.5 Å². The molecular weight excluding hydrogens is 250 g/mol. The lowest BCUT2D eigenvalue weighted by Crippen LogP contribution is -2.45. The van der Waals surface area contributed by atoms with Crippen LogP contribution in [0.4, 0.5) is 0 Å². The van der Waals surface area contributed by atoms with Crippen LogP contribution in [-0.4, -0.2) is 23.2 Å². The molecule has 4 heteroatoms. The van der Waals surface area contributed by atoms with Gasteiger partial charge in [0, 0.05) is 11.4 Å². The van der Waals surface area contributed by atoms with E-state index < -0.39 is 6.10 Å². The van der Waals surface area contributed by atoms with Gasteiger partial charge in [0.25, 0.3) is 5.91 Å². The molecule has 2 N–H and O–H groups in total. The van der Waals surface area contributed by atoms with Crippen molar-refractivity contribution >= 4 is 17.5 Å². The first-order valence-corrected chi connectivity index (χ1v) is 6.88. The Morgan fingerprint density at radius 3 is 2.89 bits per heavy atom. The fourth-order valence-corrected chi connectivity index (χ4v) is 2.49. The Hall–Kier alpha value is -1.06. The first kappa shape index (κ1) is 13.4. The number of halogens is 1. The lowest BCUT2D eigenvalue weighted by atomic mass is 9.92. The molecule has 1 aromatic carbocycles. The fraction of sp³-hybridized carbons (Fsp3) is 0.500. The Morgan fingerprint density at radius 1 is 1.39 bits per heavy atom. The van der Waals surface area contributed by atoms with Crippen molar-refractivity contribution in [2.45, 2.75) is 43.7 Å². The van der Waals surface area contributed by atoms with Gasteiger partial charge in [-0.15, -0.1) is 11.6 Å². The Kier molecular flexibility index (Phi) is 4.61. The zero-order valence-electron chi connectivity index (χ0n) is 10.2. The zero-order chi connectivity index (χ0) is 13.0. The van der Waals surface area contributed by atoms with Gasteiger partial charge in [-0.2, -0.15) is 0 Å². The van der Waals surface area contributed by atoms with Gasteiger partial charge in [-0.25, -0.2) is 0 Å². The van der Waals surface area contributed by atoms with Crippen molar-refractivity contribution in [1.29, 1.82) is 0 Å². The van der Waals surface area contributed by atoms with Crippen LogP contribution in [0.2, 0.25) is 0 Å². The number of aliphatic hydroxyl groups excluding tert-OH is 1. The van der Waals surface area contributed by atoms with Crippen molar-refractivity contribution in [3.63, 3.8) is 0 Å². The summed E-state index contributed by atoms with van der Waals surface area (Å²) in [5, 5.41) is 12.7. The Balaban J connectivity index is 2.02. The molecule has 98 valence electrons. The molecule has 0 bridgehead atoms. The van der Waals surface area contributed by atoms with Crippen LogP contribution >= 0.6 is 11.6 Å². The molecule has 1 aliphatic carbocycles. The van der Waals surface area contributed by atoms with Gasteiger partial charge in [0.15, 0.2) is 0 Å². The van der Waals surface area contributed by atoms with E-state index in [0.29, 0.717) is 11.4 Å². The smallest absolute Gasteiger partial charge is 0.251 e. The van der Waals surface area contributed by atoms with Crippen molar-refractivity contribution in [3.05, 3.63) is 35.4 Å². The molecule has 2 rings (SSSR count). The number of benzene rings is 1. The van der Waals surface area contributed by atoms with Gasteiger partial charge in [0.1, 0.15) is 0 Å². The number of hydrogen-bond donors (Lipinski definition) is 2. The van der Waals surface area contributed by atoms with Crippen LogP contribution in [0, 0.1) is 0 Å². The van der Waals surface area contributed by atoms with E-state index in [1.54, 1.807) is 12.1 Å². The summed E-state index contributed by atoms with van der Waals surface area (Å²) in [5.41, 5.74) is 1.53. The molecule has 0 unspecified atom stereocenters. The minimum atomic E-state index is -0.418. The summed E-state index contributed by atoms with van der Waals surface area (Å²) in [6, 6.07) is 7.15. The van der Waals surface area contributed by atoms with Gasteiger partial charge >= 0.3 is 0 Å². The molecular formula is C14H18ClNO2. The van der Waals surface area contributed by atoms with Crippen molar-refractivity contribution in [2.75, 3.05) is 0 Å². The second kappa shape index (κ2) is 6.21. The molecule has 1 aromatic rings. The largest absolute Gasteiger partial charge is 0.391 e. The molecule has 2 atom stereocenters. The second-order valence-electron chi connectivity index (χ2n) is 4.77. The summed E-state index contributed by atoms with van der Waals surface area (Å²) in [6.07, 6.45) is 3.30. The van der Waals surface area contributed by atoms with E-state index in [1.165, 1.54) is 0 Å². The number of alkyl halides is 1. The second-order valence-corrected chi connectivity index (χ2v) is 5.03. The molecule has 3 nitrogen and oxygen atoms in total. The molecule has 0 radical (unpaired) electrons. The number of carbonyl (C=O) groups excluding carboxylic acids is 1. The Labute approximate surface area is 112 Å². The number of rotatable bonds is 3. The van der Waals surface area contributed by atoms with E-state index in [1.807, 2.05) is 12.1 Å². The van der Waals surface area contributed by atoms with Gasteiger partial charge in [0.05, 0.1) is 12.1 Å². The summed E-state index contributed by atoms with van der Waals surface area (Å²) in [4.78, 5) is 12.1. The summed E-state index contributed by atoms with van der Waals surface area (Å²) in [7, 11) is 0. The maximum atomic E-state index is 12.1. The van der Waals surface area contributed by atoms with Crippen molar-refractivity contribution in [2.24, 2.45) is 0 Å². The number of nitrogens with one attached hydrogen (secondary N) is 1. The van der Waals surface area contributed by atoms with E-state index in [0.717, 1.165) is 31.2 Å². The van der Waals surface area contributed by atoms with E-state index in [2.05, 4.69) is 5.32 Å². The van der Waals surface area contributed by atoms with E-state index >= 15 is 0 Å². The molecule has 18 heavy (non-hydrogen) atoms. The van der Waals surface area contributed by atoms with Crippen molar-refractivity contribution in [3.8, 4) is 0 Å². The first-order valence-electron chi connectivity index (χ1n) is 6.34. The highest BCUT2D eigenvalue weighted by Gasteiger charge is 2.24. The molecule has 0 spiro atoms. The normalized spacial score (nSPS) is 23.7. The molecule has 1 amide bonds. The van der Waals surface area contributed by atoms with Gasteiger partial charge in [0.2, 0.25) is 0 Å². The molecule has 0 saturated heterocycles. The van der Waals surface area contributed by atoms with Crippen molar-refractivity contribution < 1.29 is 9.90 Å². The predicted molar refractivity (Wildman–Crippen MR) is 71.7 cm³/mol. The van der Waals surface area contributed by atoms with Crippen molar-refractivity contribution in [1.82, 2.24) is 5.32 Å². The summed E-state index contributed by atoms with van der Waals surface area (Å²) in [6.45, 7) is 0. The third-order valence-electron chi connectivity index (χ3n) is 3.39. The minimum absolute atomic E-state index is 0.120. The molecule has 1 fully saturated rings. The monoisotopic (exact) mass is 267 g/mol. The number of hydrogen-bond acceptors (Lipinski definition) is 2. The Bertz CT molecular complexity index is 422. The molecule has 0 aromatic heterocycles. The fourth-order valence-electron chi connectivity index (χ4n) is 2.33. The maximum absolute atomic E-state index is 12.1. The van der Waals surface area contributed by atoms with Crippen LogP contribution in [0.15, 0.2) is 24.3 Å². The SMILES string of the molecule is O=C(N[C@H]1CCCC[C@@H]1O)c1cccc(CCl)c1. The molecule has 0 aliphatic heterocycles. The third kappa shape index (κ3) is 3.24. The predicted octanol–water partition coefficient (Wildman–Crippen LogP) is 2.46. The lowest BCUT2D eigenvalue weighted by molar-refractivity contribution is 0.0717. The third-order valence-corrected chi connectivity index (χ3v) is 3.70. The zero-order valence-corrected chi connectivity index (χ0v) is 11.0. The summed E-state index contributed by atoms with van der Waals surface area (Å²) in [5.74, 6) is 0.264. The minimum Gasteiger partial charge on any atom is -0.391 e. The van der Waals surface area contributed by atoms with Gasteiger partial charge in [-0.3, -0.25) is 4.79 Å². The van der Waals surface area contributed by atoms with Crippen LogP contribution in [0.1, 0.15) is 41.6 Å². The maximum Gasteiger partial charge on any atom is 0.251 e. The molecule has 0 heterocycles. The quantitative estimate of drug-likeness (QED) is 0.827. The average molecular weight is 268 g/mol. The van der Waals surface area contributed by atoms with Crippen LogP contribution in [-0.2, 0) is 5.88 Å². The van der Waals surface area contributed by atoms with E-state index in [-0.39, 0.29) is 11.9 Å². The first-order chi connectivity index (χ1) is 8.70. The van der Waals surface area contributed by atoms with Crippen LogP contribution in [0.3, 0.4) is 0 Å². The standard InChI is InChI=1S/C14H18ClNO2/c15-9-10-4-3-5-11(8-10)14(18)16-12-6-1-2-7-13(12)17/h3-5,8,12-13,17H,1-2,6-7,9H2,(H,16,18)/t12-,13-/m0/s1. The highest BCUT2D eigenvalue weighted by molar-refractivity contribution is 6.17. The van der Waals surface area contributed by atoms with Crippen LogP contribution < -0.4 is 5.32 Å². The average Bonchev–Trinajstić information content (AvgIpc) is 2.41. The van der Waals surface area contributed by atoms with E-state index in [9.17, 15) is 9.90 Å². The molecule has 1 aliphatic rings. The number of carbonyl (C=O) groups is 1. The van der Waals surface area contributed by atoms with Gasteiger partial charge in [-0.1, -0.05) is 25.0 Å². The molecule has 1 saturated carbocycles. The van der Waals surface area contributed by atoms with Crippen LogP contribution in [0.5, 0.6) is 0 Å².